The predicted molar refractivity (Wildman–Crippen MR) is 91.0 cm³/mol. The van der Waals surface area contributed by atoms with E-state index >= 15 is 0 Å². The van der Waals surface area contributed by atoms with Crippen LogP contribution in [0.15, 0.2) is 30.5 Å². The Balaban J connectivity index is 1.59. The summed E-state index contributed by atoms with van der Waals surface area (Å²) in [5.74, 6) is 0. The summed E-state index contributed by atoms with van der Waals surface area (Å²) in [5.41, 5.74) is 3.75. The fraction of sp³-hybridized carbons (Fsp3) is 0.526. The van der Waals surface area contributed by atoms with Crippen molar-refractivity contribution in [1.82, 2.24) is 9.88 Å². The van der Waals surface area contributed by atoms with E-state index in [1.54, 1.807) is 0 Å². The molecule has 1 aliphatic heterocycles. The maximum absolute atomic E-state index is 5.70. The second-order valence-corrected chi connectivity index (χ2v) is 6.46. The molecule has 0 aliphatic carbocycles. The summed E-state index contributed by atoms with van der Waals surface area (Å²) in [4.78, 5) is 6.94. The van der Waals surface area contributed by atoms with Crippen LogP contribution < -0.4 is 0 Å². The number of hydrogen-bond acceptors (Lipinski definition) is 3. The lowest BCUT2D eigenvalue weighted by atomic mass is 10.0. The van der Waals surface area contributed by atoms with Gasteiger partial charge in [0.15, 0.2) is 0 Å². The summed E-state index contributed by atoms with van der Waals surface area (Å²) in [6, 6.07) is 8.65. The van der Waals surface area contributed by atoms with Crippen LogP contribution in [0, 0.1) is 6.92 Å². The molecule has 1 fully saturated rings. The summed E-state index contributed by atoms with van der Waals surface area (Å²) in [6.07, 6.45) is 7.28. The van der Waals surface area contributed by atoms with E-state index in [2.05, 4.69) is 42.1 Å². The van der Waals surface area contributed by atoms with Crippen LogP contribution in [0.1, 0.15) is 36.8 Å². The maximum atomic E-state index is 5.70. The number of fused-ring (bicyclic) bond motifs is 1. The molecule has 0 unspecified atom stereocenters. The molecule has 22 heavy (non-hydrogen) atoms. The highest BCUT2D eigenvalue weighted by atomic mass is 16.5. The summed E-state index contributed by atoms with van der Waals surface area (Å²) in [5, 5.41) is 1.29. The topological polar surface area (TPSA) is 25.4 Å². The van der Waals surface area contributed by atoms with Crippen molar-refractivity contribution < 1.29 is 4.74 Å². The molecule has 3 heteroatoms. The molecule has 3 nitrogen and oxygen atoms in total. The lowest BCUT2D eigenvalue weighted by Crippen LogP contribution is -2.20. The smallest absolute Gasteiger partial charge is 0.0734 e. The number of aromatic nitrogens is 1. The maximum Gasteiger partial charge on any atom is 0.0734 e. The Labute approximate surface area is 133 Å². The van der Waals surface area contributed by atoms with E-state index in [1.807, 2.05) is 12.3 Å². The van der Waals surface area contributed by atoms with Crippen LogP contribution in [-0.2, 0) is 11.3 Å². The molecule has 0 spiro atoms. The van der Waals surface area contributed by atoms with Crippen LogP contribution in [0.25, 0.3) is 10.9 Å². The average molecular weight is 298 g/mol. The van der Waals surface area contributed by atoms with E-state index in [9.17, 15) is 0 Å². The Morgan fingerprint density at radius 1 is 1.32 bits per heavy atom. The van der Waals surface area contributed by atoms with Crippen molar-refractivity contribution in [1.29, 1.82) is 0 Å². The lowest BCUT2D eigenvalue weighted by Gasteiger charge is -2.19. The van der Waals surface area contributed by atoms with Gasteiger partial charge in [-0.15, -0.1) is 0 Å². The van der Waals surface area contributed by atoms with E-state index < -0.39 is 0 Å². The minimum atomic E-state index is 0.512. The molecule has 118 valence electrons. The molecule has 1 aromatic carbocycles. The normalized spacial score (nSPS) is 18.4. The Morgan fingerprint density at radius 2 is 2.23 bits per heavy atom. The molecule has 1 saturated heterocycles. The predicted octanol–water partition coefficient (Wildman–Crippen LogP) is 3.93. The standard InChI is InChI=1S/C19H26N2O/c1-15-9-10-16(18-8-3-11-20-19(15)18)14-21(2)12-4-6-17-7-5-13-22-17/h3,8-11,17H,4-7,12-14H2,1-2H3/t17-/m0/s1. The number of hydrogen-bond donors (Lipinski definition) is 0. The van der Waals surface area contributed by atoms with Gasteiger partial charge in [-0.05, 0) is 63.4 Å². The Kier molecular flexibility index (Phi) is 5.06. The van der Waals surface area contributed by atoms with Gasteiger partial charge >= 0.3 is 0 Å². The molecule has 0 amide bonds. The van der Waals surface area contributed by atoms with Crippen LogP contribution in [-0.4, -0.2) is 36.2 Å². The van der Waals surface area contributed by atoms with Crippen LogP contribution in [0.4, 0.5) is 0 Å². The SMILES string of the molecule is Cc1ccc(CN(C)CCC[C@H]2CCCO2)c2cccnc12. The van der Waals surface area contributed by atoms with Crippen LogP contribution in [0.3, 0.4) is 0 Å². The van der Waals surface area contributed by atoms with Gasteiger partial charge in [-0.3, -0.25) is 4.98 Å². The number of pyridine rings is 1. The minimum Gasteiger partial charge on any atom is -0.378 e. The fourth-order valence-corrected chi connectivity index (χ4v) is 3.34. The highest BCUT2D eigenvalue weighted by Gasteiger charge is 2.15. The molecule has 3 rings (SSSR count). The quantitative estimate of drug-likeness (QED) is 0.808. The van der Waals surface area contributed by atoms with Crippen molar-refractivity contribution in [3.8, 4) is 0 Å². The number of benzene rings is 1. The first-order valence-electron chi connectivity index (χ1n) is 8.37. The molecular formula is C19H26N2O. The molecule has 2 heterocycles. The number of nitrogens with zero attached hydrogens (tertiary/aromatic N) is 2. The van der Waals surface area contributed by atoms with Crippen molar-refractivity contribution in [3.05, 3.63) is 41.6 Å². The van der Waals surface area contributed by atoms with Gasteiger partial charge in [-0.2, -0.15) is 0 Å². The van der Waals surface area contributed by atoms with Crippen molar-refractivity contribution in [2.24, 2.45) is 0 Å². The first kappa shape index (κ1) is 15.4. The van der Waals surface area contributed by atoms with Crippen molar-refractivity contribution in [2.45, 2.75) is 45.3 Å². The van der Waals surface area contributed by atoms with Crippen molar-refractivity contribution >= 4 is 10.9 Å². The zero-order valence-corrected chi connectivity index (χ0v) is 13.7. The molecule has 0 N–H and O–H groups in total. The van der Waals surface area contributed by atoms with Crippen LogP contribution >= 0.6 is 0 Å². The third kappa shape index (κ3) is 3.65. The average Bonchev–Trinajstić information content (AvgIpc) is 3.04. The Hall–Kier alpha value is -1.45. The molecule has 2 aromatic rings. The number of rotatable bonds is 6. The van der Waals surface area contributed by atoms with Gasteiger partial charge in [0.25, 0.3) is 0 Å². The minimum absolute atomic E-state index is 0.512. The largest absolute Gasteiger partial charge is 0.378 e. The van der Waals surface area contributed by atoms with E-state index in [-0.39, 0.29) is 0 Å². The zero-order chi connectivity index (χ0) is 15.4. The number of ether oxygens (including phenoxy) is 1. The molecule has 1 aromatic heterocycles. The van der Waals surface area contributed by atoms with Gasteiger partial charge in [-0.25, -0.2) is 0 Å². The highest BCUT2D eigenvalue weighted by molar-refractivity contribution is 5.84. The van der Waals surface area contributed by atoms with E-state index in [0.717, 1.165) is 25.2 Å². The molecule has 1 atom stereocenters. The molecular weight excluding hydrogens is 272 g/mol. The van der Waals surface area contributed by atoms with Gasteiger partial charge < -0.3 is 9.64 Å². The summed E-state index contributed by atoms with van der Waals surface area (Å²) in [7, 11) is 2.21. The molecule has 0 bridgehead atoms. The first-order valence-corrected chi connectivity index (χ1v) is 8.37. The monoisotopic (exact) mass is 298 g/mol. The first-order chi connectivity index (χ1) is 10.7. The molecule has 0 radical (unpaired) electrons. The van der Waals surface area contributed by atoms with Crippen LogP contribution in [0.5, 0.6) is 0 Å². The van der Waals surface area contributed by atoms with Gasteiger partial charge in [0.05, 0.1) is 11.6 Å². The van der Waals surface area contributed by atoms with Gasteiger partial charge in [0.1, 0.15) is 0 Å². The summed E-state index contributed by atoms with van der Waals surface area (Å²) < 4.78 is 5.70. The van der Waals surface area contributed by atoms with E-state index in [4.69, 9.17) is 4.74 Å². The van der Waals surface area contributed by atoms with Gasteiger partial charge in [-0.1, -0.05) is 18.2 Å². The van der Waals surface area contributed by atoms with E-state index in [0.29, 0.717) is 6.10 Å². The van der Waals surface area contributed by atoms with Gasteiger partial charge in [0, 0.05) is 24.7 Å². The van der Waals surface area contributed by atoms with Crippen LogP contribution in [0.2, 0.25) is 0 Å². The third-order valence-electron chi connectivity index (χ3n) is 4.59. The van der Waals surface area contributed by atoms with Crippen molar-refractivity contribution in [3.63, 3.8) is 0 Å². The summed E-state index contributed by atoms with van der Waals surface area (Å²) in [6.45, 7) is 5.19. The van der Waals surface area contributed by atoms with Gasteiger partial charge in [0.2, 0.25) is 0 Å². The second kappa shape index (κ2) is 7.21. The van der Waals surface area contributed by atoms with Crippen molar-refractivity contribution in [2.75, 3.05) is 20.2 Å². The second-order valence-electron chi connectivity index (χ2n) is 6.46. The Bertz CT molecular complexity index is 620. The molecule has 1 aliphatic rings. The lowest BCUT2D eigenvalue weighted by molar-refractivity contribution is 0.0995. The highest BCUT2D eigenvalue weighted by Crippen LogP contribution is 2.22. The third-order valence-corrected chi connectivity index (χ3v) is 4.59. The fourth-order valence-electron chi connectivity index (χ4n) is 3.34. The summed E-state index contributed by atoms with van der Waals surface area (Å²) >= 11 is 0. The van der Waals surface area contributed by atoms with E-state index in [1.165, 1.54) is 42.2 Å². The Morgan fingerprint density at radius 3 is 3.05 bits per heavy atom. The molecule has 0 saturated carbocycles. The number of aryl methyl sites for hydroxylation is 1. The zero-order valence-electron chi connectivity index (χ0n) is 13.7.